The van der Waals surface area contributed by atoms with Gasteiger partial charge in [0.15, 0.2) is 0 Å². The van der Waals surface area contributed by atoms with Crippen LogP contribution in [0.15, 0.2) is 30.4 Å². The second-order valence-electron chi connectivity index (χ2n) is 9.75. The number of anilines is 1. The molecule has 0 radical (unpaired) electrons. The summed E-state index contributed by atoms with van der Waals surface area (Å²) >= 11 is 6.38. The summed E-state index contributed by atoms with van der Waals surface area (Å²) in [5.74, 6) is -2.60. The first-order valence-electron chi connectivity index (χ1n) is 13.2. The highest BCUT2D eigenvalue weighted by atomic mass is 35.5. The zero-order chi connectivity index (χ0) is 26.2. The van der Waals surface area contributed by atoms with E-state index in [1.54, 1.807) is 17.9 Å². The number of halogens is 1. The van der Waals surface area contributed by atoms with E-state index >= 15 is 0 Å². The molecule has 0 bridgehead atoms. The van der Waals surface area contributed by atoms with E-state index in [0.717, 1.165) is 31.2 Å². The van der Waals surface area contributed by atoms with Gasteiger partial charge in [0.05, 0.1) is 29.2 Å². The second kappa shape index (κ2) is 13.2. The molecule has 36 heavy (non-hydrogen) atoms. The van der Waals surface area contributed by atoms with Gasteiger partial charge in [-0.25, -0.2) is 0 Å². The molecular formula is C28H39ClN2O5. The zero-order valence-corrected chi connectivity index (χ0v) is 22.3. The highest BCUT2D eigenvalue weighted by Gasteiger charge is 2.57. The van der Waals surface area contributed by atoms with Gasteiger partial charge in [-0.3, -0.25) is 14.4 Å². The van der Waals surface area contributed by atoms with E-state index in [1.807, 2.05) is 31.2 Å². The predicted octanol–water partition coefficient (Wildman–Crippen LogP) is 4.75. The summed E-state index contributed by atoms with van der Waals surface area (Å²) in [7, 11) is 0. The van der Waals surface area contributed by atoms with Gasteiger partial charge in [0.2, 0.25) is 11.8 Å². The van der Waals surface area contributed by atoms with Crippen LogP contribution in [-0.2, 0) is 19.1 Å². The molecule has 1 aromatic rings. The van der Waals surface area contributed by atoms with Crippen LogP contribution < -0.4 is 5.32 Å². The van der Waals surface area contributed by atoms with Crippen molar-refractivity contribution in [2.45, 2.75) is 65.3 Å². The maximum atomic E-state index is 13.9. The van der Waals surface area contributed by atoms with Gasteiger partial charge in [-0.1, -0.05) is 62.1 Å². The molecule has 0 aromatic heterocycles. The third-order valence-electron chi connectivity index (χ3n) is 7.34. The number of fused-ring (bicyclic) bond motifs is 1. The van der Waals surface area contributed by atoms with Crippen LogP contribution in [0, 0.1) is 30.6 Å². The fraction of sp³-hybridized carbons (Fsp3) is 0.607. The van der Waals surface area contributed by atoms with E-state index in [1.165, 1.54) is 0 Å². The normalized spacial score (nSPS) is 25.1. The number of hydrogen-bond acceptors (Lipinski definition) is 5. The molecule has 198 valence electrons. The van der Waals surface area contributed by atoms with Gasteiger partial charge in [0.1, 0.15) is 6.04 Å². The largest absolute Gasteiger partial charge is 0.466 e. The predicted molar refractivity (Wildman–Crippen MR) is 141 cm³/mol. The highest BCUT2D eigenvalue weighted by molar-refractivity contribution is 6.34. The Labute approximate surface area is 219 Å². The number of likely N-dealkylation sites (tertiary alicyclic amines) is 1. The van der Waals surface area contributed by atoms with Gasteiger partial charge in [-0.2, -0.15) is 0 Å². The van der Waals surface area contributed by atoms with E-state index < -0.39 is 23.8 Å². The number of unbranched alkanes of at least 4 members (excludes halogenated alkanes) is 3. The molecule has 2 amide bonds. The number of nitrogens with zero attached hydrogens (tertiary/aromatic N) is 1. The number of nitrogens with one attached hydrogen (secondary N) is 1. The van der Waals surface area contributed by atoms with Gasteiger partial charge in [-0.05, 0) is 50.7 Å². The van der Waals surface area contributed by atoms with Gasteiger partial charge in [0, 0.05) is 19.1 Å². The average molecular weight is 519 g/mol. The van der Waals surface area contributed by atoms with Crippen LogP contribution in [0.4, 0.5) is 5.69 Å². The molecule has 1 aliphatic carbocycles. The molecule has 1 saturated heterocycles. The van der Waals surface area contributed by atoms with E-state index in [-0.39, 0.29) is 36.9 Å². The molecular weight excluding hydrogens is 480 g/mol. The third kappa shape index (κ3) is 6.12. The Morgan fingerprint density at radius 2 is 1.89 bits per heavy atom. The molecule has 1 aromatic carbocycles. The lowest BCUT2D eigenvalue weighted by Gasteiger charge is -2.33. The molecule has 3 rings (SSSR count). The smallest absolute Gasteiger partial charge is 0.310 e. The summed E-state index contributed by atoms with van der Waals surface area (Å²) in [5, 5.41) is 12.5. The Morgan fingerprint density at radius 1 is 1.14 bits per heavy atom. The van der Waals surface area contributed by atoms with Gasteiger partial charge in [0.25, 0.3) is 0 Å². The van der Waals surface area contributed by atoms with Crippen LogP contribution in [0.3, 0.4) is 0 Å². The van der Waals surface area contributed by atoms with Gasteiger partial charge < -0.3 is 20.1 Å². The first-order valence-corrected chi connectivity index (χ1v) is 13.6. The molecule has 0 spiro atoms. The summed E-state index contributed by atoms with van der Waals surface area (Å²) in [5.41, 5.74) is 1.37. The van der Waals surface area contributed by atoms with Crippen LogP contribution in [0.2, 0.25) is 5.02 Å². The molecule has 1 fully saturated rings. The number of amides is 2. The van der Waals surface area contributed by atoms with E-state index in [4.69, 9.17) is 21.4 Å². The Balaban J connectivity index is 1.94. The number of para-hydroxylation sites is 1. The van der Waals surface area contributed by atoms with Crippen LogP contribution >= 0.6 is 11.6 Å². The number of esters is 1. The average Bonchev–Trinajstić information content (AvgIpc) is 3.13. The van der Waals surface area contributed by atoms with Crippen LogP contribution in [0.1, 0.15) is 57.9 Å². The Hall–Kier alpha value is -2.38. The number of benzene rings is 1. The number of carbonyl (C=O) groups excluding carboxylic acids is 3. The Morgan fingerprint density at radius 3 is 2.56 bits per heavy atom. The molecule has 0 unspecified atom stereocenters. The maximum absolute atomic E-state index is 13.9. The molecule has 2 N–H and O–H groups in total. The fourth-order valence-corrected chi connectivity index (χ4v) is 5.91. The SMILES string of the molecule is CCC[C@@H]1C=C[C@H]2[C@H](C(=O)N(CCCCCCO)[C@@H]2C(=O)Nc2c(C)cccc2Cl)[C@@H]1C(=O)OCC. The molecule has 1 aliphatic heterocycles. The summed E-state index contributed by atoms with van der Waals surface area (Å²) in [6.07, 6.45) is 8.74. The highest BCUT2D eigenvalue weighted by Crippen LogP contribution is 2.46. The van der Waals surface area contributed by atoms with E-state index in [9.17, 15) is 14.4 Å². The molecule has 8 heteroatoms. The number of hydrogen-bond donors (Lipinski definition) is 2. The van der Waals surface area contributed by atoms with E-state index in [2.05, 4.69) is 12.2 Å². The topological polar surface area (TPSA) is 95.9 Å². The van der Waals surface area contributed by atoms with Crippen molar-refractivity contribution in [1.82, 2.24) is 4.90 Å². The number of ether oxygens (including phenoxy) is 1. The van der Waals surface area contributed by atoms with Gasteiger partial charge in [-0.15, -0.1) is 0 Å². The Kier molecular flexibility index (Phi) is 10.4. The van der Waals surface area contributed by atoms with Crippen molar-refractivity contribution in [2.75, 3.05) is 25.1 Å². The lowest BCUT2D eigenvalue weighted by Crippen LogP contribution is -2.44. The molecule has 1 heterocycles. The van der Waals surface area contributed by atoms with Crippen LogP contribution in [0.5, 0.6) is 0 Å². The minimum Gasteiger partial charge on any atom is -0.466 e. The van der Waals surface area contributed by atoms with Crippen molar-refractivity contribution in [3.63, 3.8) is 0 Å². The lowest BCUT2D eigenvalue weighted by atomic mass is 9.69. The molecule has 0 saturated carbocycles. The summed E-state index contributed by atoms with van der Waals surface area (Å²) in [6.45, 7) is 6.49. The van der Waals surface area contributed by atoms with Gasteiger partial charge >= 0.3 is 5.97 Å². The summed E-state index contributed by atoms with van der Waals surface area (Å²) in [4.78, 5) is 42.3. The summed E-state index contributed by atoms with van der Waals surface area (Å²) < 4.78 is 5.41. The monoisotopic (exact) mass is 518 g/mol. The van der Waals surface area contributed by atoms with Crippen LogP contribution in [0.25, 0.3) is 0 Å². The number of carbonyl (C=O) groups is 3. The lowest BCUT2D eigenvalue weighted by molar-refractivity contribution is -0.155. The standard InChI is InChI=1S/C28H39ClN2O5/c1-4-11-19-14-15-20-23(22(19)28(35)36-5-2)27(34)31(16-8-6-7-9-17-32)25(20)26(33)30-24-18(3)12-10-13-21(24)29/h10,12-15,19-20,22-23,25,32H,4-9,11,16-17H2,1-3H3,(H,30,33)/t19-,20+,22-,23+,25+/m1/s1. The first-order chi connectivity index (χ1) is 17.3. The molecule has 2 aliphatic rings. The fourth-order valence-electron chi connectivity index (χ4n) is 5.64. The quantitative estimate of drug-likeness (QED) is 0.236. The van der Waals surface area contributed by atoms with E-state index in [0.29, 0.717) is 30.1 Å². The molecule has 5 atom stereocenters. The van der Waals surface area contributed by atoms with Crippen molar-refractivity contribution in [1.29, 1.82) is 0 Å². The molecule has 7 nitrogen and oxygen atoms in total. The third-order valence-corrected chi connectivity index (χ3v) is 7.65. The zero-order valence-electron chi connectivity index (χ0n) is 21.5. The van der Waals surface area contributed by atoms with Crippen molar-refractivity contribution in [2.24, 2.45) is 23.7 Å². The number of aliphatic hydroxyl groups excluding tert-OH is 1. The summed E-state index contributed by atoms with van der Waals surface area (Å²) in [6, 6.07) is 4.67. The first kappa shape index (κ1) is 28.2. The van der Waals surface area contributed by atoms with Crippen molar-refractivity contribution in [3.8, 4) is 0 Å². The minimum absolute atomic E-state index is 0.0988. The minimum atomic E-state index is -0.744. The van der Waals surface area contributed by atoms with Crippen molar-refractivity contribution in [3.05, 3.63) is 40.9 Å². The van der Waals surface area contributed by atoms with Crippen molar-refractivity contribution < 1.29 is 24.2 Å². The van der Waals surface area contributed by atoms with Crippen LogP contribution in [-0.4, -0.2) is 53.6 Å². The number of rotatable bonds is 12. The maximum Gasteiger partial charge on any atom is 0.310 e. The Bertz CT molecular complexity index is 945. The second-order valence-corrected chi connectivity index (χ2v) is 10.2. The van der Waals surface area contributed by atoms with Crippen molar-refractivity contribution >= 4 is 35.1 Å². The number of allylic oxidation sites excluding steroid dienone is 1. The number of aryl methyl sites for hydroxylation is 1. The number of aliphatic hydroxyl groups is 1.